The van der Waals surface area contributed by atoms with Gasteiger partial charge in [0.25, 0.3) is 0 Å². The summed E-state index contributed by atoms with van der Waals surface area (Å²) in [6, 6.07) is -0.944. The number of unbranched alkanes of at least 4 members (excludes halogenated alkanes) is 1. The van der Waals surface area contributed by atoms with Crippen molar-refractivity contribution >= 4 is 11.9 Å². The number of carbonyl (C=O) groups is 2. The lowest BCUT2D eigenvalue weighted by atomic mass is 9.93. The second kappa shape index (κ2) is 10.1. The van der Waals surface area contributed by atoms with Crippen LogP contribution in [0.4, 0.5) is 0 Å². The van der Waals surface area contributed by atoms with E-state index in [4.69, 9.17) is 14.6 Å². The maximum absolute atomic E-state index is 11.5. The van der Waals surface area contributed by atoms with E-state index in [0.717, 1.165) is 0 Å². The van der Waals surface area contributed by atoms with Crippen LogP contribution in [0.1, 0.15) is 19.8 Å². The number of carboxylic acid groups (broad SMARTS) is 1. The summed E-state index contributed by atoms with van der Waals surface area (Å²) in [5.74, 6) is -2.29. The molecule has 0 aromatic rings. The molecule has 0 fully saturated rings. The normalized spacial score (nSPS) is 25.3. The van der Waals surface area contributed by atoms with E-state index < -0.39 is 54.7 Å². The van der Waals surface area contributed by atoms with Gasteiger partial charge in [0.2, 0.25) is 11.7 Å². The van der Waals surface area contributed by atoms with Crippen LogP contribution >= 0.6 is 0 Å². The highest BCUT2D eigenvalue weighted by Crippen LogP contribution is 2.25. The zero-order valence-electron chi connectivity index (χ0n) is 14.0. The predicted octanol–water partition coefficient (Wildman–Crippen LogP) is -1.08. The number of aliphatic hydroxyl groups is 3. The first-order chi connectivity index (χ1) is 11.8. The number of carbonyl (C=O) groups excluding carboxylic acids is 1. The van der Waals surface area contributed by atoms with E-state index in [1.54, 1.807) is 6.08 Å². The molecule has 0 saturated heterocycles. The van der Waals surface area contributed by atoms with Crippen molar-refractivity contribution in [2.75, 3.05) is 13.2 Å². The fourth-order valence-corrected chi connectivity index (χ4v) is 2.43. The molecule has 1 rings (SSSR count). The lowest BCUT2D eigenvalue weighted by molar-refractivity contribution is -0.151. The lowest BCUT2D eigenvalue weighted by Gasteiger charge is -2.39. The van der Waals surface area contributed by atoms with Gasteiger partial charge in [-0.05, 0) is 18.9 Å². The van der Waals surface area contributed by atoms with Crippen LogP contribution in [0.15, 0.2) is 24.5 Å². The molecule has 9 nitrogen and oxygen atoms in total. The smallest absolute Gasteiger partial charge is 0.370 e. The van der Waals surface area contributed by atoms with E-state index in [1.165, 1.54) is 13.0 Å². The van der Waals surface area contributed by atoms with Gasteiger partial charge in [-0.25, -0.2) is 4.79 Å². The number of amides is 1. The SMILES string of the molecule is C=CCCCO[C@H]1C=C(C(=O)O)O[C@@H]([C@H](O)C(O)CO)[C@@H]1NC(C)=O. The standard InChI is InChI=1S/C16H25NO8/c1-3-4-5-6-24-11-7-12(16(22)23)25-15(13(11)17-9(2)19)14(21)10(20)8-18/h3,7,10-11,13-15,18,20-21H,1,4-6,8H2,2H3,(H,17,19)(H,22,23)/t10?,11-,13+,14+,15+/m0/s1. The zero-order chi connectivity index (χ0) is 19.0. The number of carboxylic acids is 1. The van der Waals surface area contributed by atoms with Crippen molar-refractivity contribution in [3.8, 4) is 0 Å². The molecule has 0 saturated carbocycles. The minimum atomic E-state index is -1.64. The van der Waals surface area contributed by atoms with Crippen LogP contribution in [0.25, 0.3) is 0 Å². The molecule has 9 heteroatoms. The van der Waals surface area contributed by atoms with E-state index in [2.05, 4.69) is 11.9 Å². The number of nitrogens with one attached hydrogen (secondary N) is 1. The third-order valence-corrected chi connectivity index (χ3v) is 3.65. The third-order valence-electron chi connectivity index (χ3n) is 3.65. The molecule has 1 heterocycles. The fraction of sp³-hybridized carbons (Fsp3) is 0.625. The van der Waals surface area contributed by atoms with Gasteiger partial charge in [-0.15, -0.1) is 6.58 Å². The zero-order valence-corrected chi connectivity index (χ0v) is 14.0. The Morgan fingerprint density at radius 2 is 2.16 bits per heavy atom. The molecule has 5 N–H and O–H groups in total. The summed E-state index contributed by atoms with van der Waals surface area (Å²) in [5.41, 5.74) is 0. The molecule has 1 unspecified atom stereocenters. The van der Waals surface area contributed by atoms with Crippen LogP contribution in [0.3, 0.4) is 0 Å². The Labute approximate surface area is 145 Å². The molecule has 25 heavy (non-hydrogen) atoms. The number of allylic oxidation sites excluding steroid dienone is 1. The van der Waals surface area contributed by atoms with E-state index >= 15 is 0 Å². The van der Waals surface area contributed by atoms with Gasteiger partial charge in [0.05, 0.1) is 12.6 Å². The Morgan fingerprint density at radius 1 is 1.48 bits per heavy atom. The largest absolute Gasteiger partial charge is 0.478 e. The molecular weight excluding hydrogens is 334 g/mol. The summed E-state index contributed by atoms with van der Waals surface area (Å²) in [7, 11) is 0. The Bertz CT molecular complexity index is 506. The van der Waals surface area contributed by atoms with Crippen molar-refractivity contribution in [2.45, 2.75) is 50.2 Å². The van der Waals surface area contributed by atoms with Crippen LogP contribution in [-0.4, -0.2) is 76.0 Å². The number of aliphatic carboxylic acids is 1. The van der Waals surface area contributed by atoms with E-state index in [1.807, 2.05) is 0 Å². The van der Waals surface area contributed by atoms with Gasteiger partial charge in [0.15, 0.2) is 6.10 Å². The summed E-state index contributed by atoms with van der Waals surface area (Å²) in [6.07, 6.45) is -1.17. The molecule has 1 aliphatic rings. The van der Waals surface area contributed by atoms with Crippen molar-refractivity contribution in [1.82, 2.24) is 5.32 Å². The van der Waals surface area contributed by atoms with Crippen molar-refractivity contribution in [1.29, 1.82) is 0 Å². The van der Waals surface area contributed by atoms with E-state index in [0.29, 0.717) is 12.8 Å². The van der Waals surface area contributed by atoms with E-state index in [9.17, 15) is 24.9 Å². The Morgan fingerprint density at radius 3 is 2.68 bits per heavy atom. The van der Waals surface area contributed by atoms with Gasteiger partial charge >= 0.3 is 5.97 Å². The quantitative estimate of drug-likeness (QED) is 0.245. The summed E-state index contributed by atoms with van der Waals surface area (Å²) in [5, 5.41) is 40.6. The topological polar surface area (TPSA) is 146 Å². The first-order valence-corrected chi connectivity index (χ1v) is 7.90. The fourth-order valence-electron chi connectivity index (χ4n) is 2.43. The molecule has 1 amide bonds. The predicted molar refractivity (Wildman–Crippen MR) is 86.5 cm³/mol. The first kappa shape index (κ1) is 21.1. The summed E-state index contributed by atoms with van der Waals surface area (Å²) < 4.78 is 10.9. The minimum absolute atomic E-state index is 0.265. The van der Waals surface area contributed by atoms with Crippen LogP contribution in [0.2, 0.25) is 0 Å². The second-order valence-corrected chi connectivity index (χ2v) is 5.65. The molecule has 0 aromatic carbocycles. The monoisotopic (exact) mass is 359 g/mol. The number of hydrogen-bond donors (Lipinski definition) is 5. The van der Waals surface area contributed by atoms with Gasteiger partial charge in [0, 0.05) is 13.5 Å². The Balaban J connectivity index is 3.07. The minimum Gasteiger partial charge on any atom is -0.478 e. The highest BCUT2D eigenvalue weighted by molar-refractivity contribution is 5.84. The van der Waals surface area contributed by atoms with Crippen molar-refractivity contribution < 1.29 is 39.5 Å². The maximum Gasteiger partial charge on any atom is 0.370 e. The molecule has 1 aliphatic heterocycles. The summed E-state index contributed by atoms with van der Waals surface area (Å²) >= 11 is 0. The molecule has 0 aromatic heterocycles. The average molecular weight is 359 g/mol. The second-order valence-electron chi connectivity index (χ2n) is 5.65. The van der Waals surface area contributed by atoms with Gasteiger partial charge in [-0.3, -0.25) is 4.79 Å². The van der Waals surface area contributed by atoms with Crippen molar-refractivity contribution in [2.24, 2.45) is 0 Å². The molecule has 0 aliphatic carbocycles. The molecule has 0 spiro atoms. The average Bonchev–Trinajstić information content (AvgIpc) is 2.57. The van der Waals surface area contributed by atoms with Gasteiger partial charge < -0.3 is 35.2 Å². The number of rotatable bonds is 10. The van der Waals surface area contributed by atoms with Gasteiger partial charge in [-0.1, -0.05) is 6.08 Å². The number of aliphatic hydroxyl groups excluding tert-OH is 3. The Hall–Kier alpha value is -1.94. The van der Waals surface area contributed by atoms with Crippen molar-refractivity contribution in [3.05, 3.63) is 24.5 Å². The highest BCUT2D eigenvalue weighted by atomic mass is 16.5. The molecular formula is C16H25NO8. The molecule has 5 atom stereocenters. The van der Waals surface area contributed by atoms with Crippen LogP contribution in [0, 0.1) is 0 Å². The van der Waals surface area contributed by atoms with Gasteiger partial charge in [-0.2, -0.15) is 0 Å². The van der Waals surface area contributed by atoms with Crippen LogP contribution in [-0.2, 0) is 19.1 Å². The summed E-state index contributed by atoms with van der Waals surface area (Å²) in [4.78, 5) is 22.8. The third kappa shape index (κ3) is 6.13. The van der Waals surface area contributed by atoms with Crippen LogP contribution in [0.5, 0.6) is 0 Å². The number of ether oxygens (including phenoxy) is 2. The van der Waals surface area contributed by atoms with Crippen LogP contribution < -0.4 is 5.32 Å². The lowest BCUT2D eigenvalue weighted by Crippen LogP contribution is -2.60. The highest BCUT2D eigenvalue weighted by Gasteiger charge is 2.44. The van der Waals surface area contributed by atoms with Crippen molar-refractivity contribution in [3.63, 3.8) is 0 Å². The number of hydrogen-bond acceptors (Lipinski definition) is 7. The summed E-state index contributed by atoms with van der Waals surface area (Å²) in [6.45, 7) is 4.35. The van der Waals surface area contributed by atoms with Gasteiger partial charge in [0.1, 0.15) is 18.3 Å². The van der Waals surface area contributed by atoms with E-state index in [-0.39, 0.29) is 6.61 Å². The Kier molecular flexibility index (Phi) is 8.56. The first-order valence-electron chi connectivity index (χ1n) is 7.90. The maximum atomic E-state index is 11.5. The molecule has 0 bridgehead atoms. The molecule has 142 valence electrons. The molecule has 0 radical (unpaired) electrons.